The van der Waals surface area contributed by atoms with Crippen molar-refractivity contribution in [3.05, 3.63) is 36.4 Å². The molecule has 0 saturated heterocycles. The van der Waals surface area contributed by atoms with Crippen LogP contribution in [0.4, 0.5) is 5.69 Å². The first-order valence-corrected chi connectivity index (χ1v) is 6.38. The fourth-order valence-electron chi connectivity index (χ4n) is 1.44. The molecule has 4 nitrogen and oxygen atoms in total. The third-order valence-electron chi connectivity index (χ3n) is 2.30. The fourth-order valence-corrected chi connectivity index (χ4v) is 1.44. The van der Waals surface area contributed by atoms with Gasteiger partial charge in [0, 0.05) is 17.8 Å². The zero-order valence-electron chi connectivity index (χ0n) is 11.7. The Hall–Kier alpha value is -1.97. The molecule has 1 aromatic carbocycles. The first-order chi connectivity index (χ1) is 9.02. The van der Waals surface area contributed by atoms with Crippen molar-refractivity contribution < 1.29 is 14.3 Å². The largest absolute Gasteiger partial charge is 0.491 e. The maximum Gasteiger partial charge on any atom is 0.335 e. The first-order valence-electron chi connectivity index (χ1n) is 6.38. The van der Waals surface area contributed by atoms with Gasteiger partial charge < -0.3 is 14.8 Å². The van der Waals surface area contributed by atoms with Gasteiger partial charge in [-0.15, -0.1) is 0 Å². The van der Waals surface area contributed by atoms with Gasteiger partial charge in [-0.1, -0.05) is 6.58 Å². The Morgan fingerprint density at radius 2 is 1.95 bits per heavy atom. The van der Waals surface area contributed by atoms with Crippen LogP contribution in [-0.2, 0) is 9.53 Å². The van der Waals surface area contributed by atoms with Crippen LogP contribution in [0.3, 0.4) is 0 Å². The van der Waals surface area contributed by atoms with Crippen molar-refractivity contribution in [2.45, 2.75) is 26.9 Å². The van der Waals surface area contributed by atoms with Gasteiger partial charge in [-0.25, -0.2) is 4.79 Å². The maximum absolute atomic E-state index is 11.4. The molecule has 0 amide bonds. The quantitative estimate of drug-likeness (QED) is 0.607. The molecule has 0 heterocycles. The summed E-state index contributed by atoms with van der Waals surface area (Å²) in [6.45, 7) is 10.1. The van der Waals surface area contributed by atoms with Crippen molar-refractivity contribution in [3.63, 3.8) is 0 Å². The third kappa shape index (κ3) is 5.46. The number of anilines is 1. The Kier molecular flexibility index (Phi) is 5.93. The van der Waals surface area contributed by atoms with Gasteiger partial charge in [-0.05, 0) is 45.0 Å². The predicted molar refractivity (Wildman–Crippen MR) is 76.5 cm³/mol. The summed E-state index contributed by atoms with van der Waals surface area (Å²) in [5.74, 6) is 0.458. The molecule has 0 aliphatic carbocycles. The van der Waals surface area contributed by atoms with Gasteiger partial charge in [0.2, 0.25) is 0 Å². The van der Waals surface area contributed by atoms with E-state index in [9.17, 15) is 4.79 Å². The smallest absolute Gasteiger partial charge is 0.335 e. The zero-order chi connectivity index (χ0) is 14.3. The average Bonchev–Trinajstić information content (AvgIpc) is 2.37. The lowest BCUT2D eigenvalue weighted by molar-refractivity contribution is -0.138. The minimum atomic E-state index is -0.366. The Balaban J connectivity index is 2.45. The highest BCUT2D eigenvalue weighted by molar-refractivity contribution is 5.88. The highest BCUT2D eigenvalue weighted by Crippen LogP contribution is 2.17. The Bertz CT molecular complexity index is 424. The van der Waals surface area contributed by atoms with Gasteiger partial charge in [0.05, 0.1) is 12.7 Å². The van der Waals surface area contributed by atoms with E-state index in [2.05, 4.69) is 11.9 Å². The molecule has 0 bridgehead atoms. The lowest BCUT2D eigenvalue weighted by Gasteiger charge is -2.11. The van der Waals surface area contributed by atoms with Crippen LogP contribution in [0.1, 0.15) is 20.8 Å². The van der Waals surface area contributed by atoms with Crippen molar-refractivity contribution in [2.75, 3.05) is 18.5 Å². The highest BCUT2D eigenvalue weighted by Gasteiger charge is 2.07. The molecule has 104 valence electrons. The number of hydrogen-bond donors (Lipinski definition) is 1. The molecular formula is C15H21NO3. The second-order valence-corrected chi connectivity index (χ2v) is 4.37. The van der Waals surface area contributed by atoms with E-state index in [1.807, 2.05) is 38.1 Å². The van der Waals surface area contributed by atoms with Crippen LogP contribution in [0.15, 0.2) is 36.4 Å². The zero-order valence-corrected chi connectivity index (χ0v) is 11.7. The standard InChI is InChI=1S/C15H21NO3/c1-5-18-15(17)12(4)10-16-13-6-8-14(9-7-13)19-11(2)3/h6-9,11,16H,4-5,10H2,1-3H3. The molecule has 0 aromatic heterocycles. The van der Waals surface area contributed by atoms with Gasteiger partial charge in [0.1, 0.15) is 5.75 Å². The number of carbonyl (C=O) groups is 1. The lowest BCUT2D eigenvalue weighted by Crippen LogP contribution is -2.14. The molecule has 1 rings (SSSR count). The number of hydrogen-bond acceptors (Lipinski definition) is 4. The van der Waals surface area contributed by atoms with E-state index in [4.69, 9.17) is 9.47 Å². The second kappa shape index (κ2) is 7.46. The van der Waals surface area contributed by atoms with Crippen LogP contribution in [0, 0.1) is 0 Å². The van der Waals surface area contributed by atoms with E-state index in [0.717, 1.165) is 11.4 Å². The molecule has 0 aliphatic rings. The monoisotopic (exact) mass is 263 g/mol. The van der Waals surface area contributed by atoms with Crippen LogP contribution in [-0.4, -0.2) is 25.2 Å². The summed E-state index contributed by atoms with van der Waals surface area (Å²) >= 11 is 0. The van der Waals surface area contributed by atoms with Crippen molar-refractivity contribution in [1.29, 1.82) is 0 Å². The first kappa shape index (κ1) is 15.1. The summed E-state index contributed by atoms with van der Waals surface area (Å²) in [4.78, 5) is 11.4. The minimum absolute atomic E-state index is 0.155. The Morgan fingerprint density at radius 1 is 1.32 bits per heavy atom. The van der Waals surface area contributed by atoms with Crippen LogP contribution in [0.5, 0.6) is 5.75 Å². The van der Waals surface area contributed by atoms with E-state index in [-0.39, 0.29) is 12.1 Å². The molecule has 0 radical (unpaired) electrons. The minimum Gasteiger partial charge on any atom is -0.491 e. The molecule has 1 N–H and O–H groups in total. The molecule has 1 aromatic rings. The van der Waals surface area contributed by atoms with Gasteiger partial charge in [0.25, 0.3) is 0 Å². The average molecular weight is 263 g/mol. The number of carbonyl (C=O) groups excluding carboxylic acids is 1. The summed E-state index contributed by atoms with van der Waals surface area (Å²) in [5.41, 5.74) is 1.31. The Morgan fingerprint density at radius 3 is 2.47 bits per heavy atom. The van der Waals surface area contributed by atoms with Gasteiger partial charge in [-0.2, -0.15) is 0 Å². The molecule has 0 aliphatic heterocycles. The van der Waals surface area contributed by atoms with Crippen LogP contribution in [0.2, 0.25) is 0 Å². The number of benzene rings is 1. The number of esters is 1. The molecule has 0 saturated carbocycles. The Labute approximate surface area is 114 Å². The fraction of sp³-hybridized carbons (Fsp3) is 0.400. The molecule has 0 atom stereocenters. The topological polar surface area (TPSA) is 47.6 Å². The summed E-state index contributed by atoms with van der Waals surface area (Å²) < 4.78 is 10.4. The van der Waals surface area contributed by atoms with Gasteiger partial charge in [0.15, 0.2) is 0 Å². The van der Waals surface area contributed by atoms with Crippen molar-refractivity contribution in [2.24, 2.45) is 0 Å². The molecular weight excluding hydrogens is 242 g/mol. The molecule has 0 unspecified atom stereocenters. The van der Waals surface area contributed by atoms with E-state index in [1.54, 1.807) is 6.92 Å². The second-order valence-electron chi connectivity index (χ2n) is 4.37. The van der Waals surface area contributed by atoms with Crippen molar-refractivity contribution in [3.8, 4) is 5.75 Å². The summed E-state index contributed by atoms with van der Waals surface area (Å²) in [7, 11) is 0. The lowest BCUT2D eigenvalue weighted by atomic mass is 10.2. The highest BCUT2D eigenvalue weighted by atomic mass is 16.5. The van der Waals surface area contributed by atoms with Crippen LogP contribution < -0.4 is 10.1 Å². The van der Waals surface area contributed by atoms with Crippen molar-refractivity contribution in [1.82, 2.24) is 0 Å². The van der Waals surface area contributed by atoms with E-state index < -0.39 is 0 Å². The number of rotatable bonds is 7. The number of ether oxygens (including phenoxy) is 2. The summed E-state index contributed by atoms with van der Waals surface area (Å²) in [6, 6.07) is 7.57. The van der Waals surface area contributed by atoms with Crippen LogP contribution in [0.25, 0.3) is 0 Å². The van der Waals surface area contributed by atoms with Gasteiger partial charge >= 0.3 is 5.97 Å². The van der Waals surface area contributed by atoms with Crippen LogP contribution >= 0.6 is 0 Å². The summed E-state index contributed by atoms with van der Waals surface area (Å²) in [6.07, 6.45) is 0.155. The van der Waals surface area contributed by atoms with E-state index in [0.29, 0.717) is 18.7 Å². The number of nitrogens with one attached hydrogen (secondary N) is 1. The maximum atomic E-state index is 11.4. The van der Waals surface area contributed by atoms with Crippen molar-refractivity contribution >= 4 is 11.7 Å². The van der Waals surface area contributed by atoms with E-state index >= 15 is 0 Å². The predicted octanol–water partition coefficient (Wildman–Crippen LogP) is 3.01. The third-order valence-corrected chi connectivity index (χ3v) is 2.30. The summed E-state index contributed by atoms with van der Waals surface area (Å²) in [5, 5.41) is 3.11. The SMILES string of the molecule is C=C(CNc1ccc(OC(C)C)cc1)C(=O)OCC. The molecule has 19 heavy (non-hydrogen) atoms. The van der Waals surface area contributed by atoms with E-state index in [1.165, 1.54) is 0 Å². The van der Waals surface area contributed by atoms with Gasteiger partial charge in [-0.3, -0.25) is 0 Å². The molecule has 4 heteroatoms. The molecule has 0 spiro atoms. The molecule has 0 fully saturated rings. The normalized spacial score (nSPS) is 10.1.